The smallest absolute Gasteiger partial charge is 0.262 e. The van der Waals surface area contributed by atoms with Crippen LogP contribution < -0.4 is 0 Å². The van der Waals surface area contributed by atoms with E-state index in [0.717, 1.165) is 35.0 Å². The molecule has 0 radical (unpaired) electrons. The number of likely N-dealkylation sites (tertiary alicyclic amines) is 1. The number of carbonyl (C=O) groups is 2. The highest BCUT2D eigenvalue weighted by atomic mass is 35.5. The Bertz CT molecular complexity index is 1370. The molecule has 0 bridgehead atoms. The molecule has 3 atom stereocenters. The zero-order chi connectivity index (χ0) is 28.9. The van der Waals surface area contributed by atoms with E-state index in [1.807, 2.05) is 60.0 Å². The van der Waals surface area contributed by atoms with Gasteiger partial charge in [-0.3, -0.25) is 9.59 Å². The van der Waals surface area contributed by atoms with Crippen LogP contribution in [0.3, 0.4) is 0 Å². The standard InChI is InChI=1S/C31H36Cl2N4O2S/c1-18(2)26-27(29(39)36(19(3)4)17-25-15-16-35(25)20(5)38)40-30-34-31(6,22-9-13-24(33)14-10-22)28(37(26)30)21-7-11-23(32)12-8-21/h7-14,18-19,25,28H,15-17H2,1-6H3/t25-,28?,31?/m0/s1. The monoisotopic (exact) mass is 598 g/mol. The molecule has 9 heteroatoms. The van der Waals surface area contributed by atoms with Crippen molar-refractivity contribution in [2.75, 3.05) is 13.1 Å². The molecule has 3 aliphatic heterocycles. The minimum Gasteiger partial charge on any atom is -0.338 e. The van der Waals surface area contributed by atoms with E-state index in [1.54, 1.807) is 6.92 Å². The van der Waals surface area contributed by atoms with E-state index < -0.39 is 5.54 Å². The Labute approximate surface area is 251 Å². The number of nitrogens with zero attached hydrogens (tertiary/aromatic N) is 4. The van der Waals surface area contributed by atoms with Crippen LogP contribution in [0.4, 0.5) is 0 Å². The van der Waals surface area contributed by atoms with Crippen molar-refractivity contribution in [1.82, 2.24) is 14.7 Å². The summed E-state index contributed by atoms with van der Waals surface area (Å²) in [6.45, 7) is 13.4. The number of thioether (sulfide) groups is 1. The Morgan fingerprint density at radius 3 is 2.15 bits per heavy atom. The van der Waals surface area contributed by atoms with Gasteiger partial charge in [0, 0.05) is 41.8 Å². The van der Waals surface area contributed by atoms with Gasteiger partial charge in [0.05, 0.1) is 12.1 Å². The maximum Gasteiger partial charge on any atom is 0.262 e. The summed E-state index contributed by atoms with van der Waals surface area (Å²) in [6, 6.07) is 15.7. The van der Waals surface area contributed by atoms with E-state index in [-0.39, 0.29) is 35.9 Å². The van der Waals surface area contributed by atoms with Gasteiger partial charge in [-0.25, -0.2) is 4.99 Å². The van der Waals surface area contributed by atoms with Crippen molar-refractivity contribution in [3.63, 3.8) is 0 Å². The highest BCUT2D eigenvalue weighted by Gasteiger charge is 2.53. The van der Waals surface area contributed by atoms with Gasteiger partial charge in [0.1, 0.15) is 10.4 Å². The Kier molecular flexibility index (Phi) is 8.03. The van der Waals surface area contributed by atoms with E-state index in [1.165, 1.54) is 11.8 Å². The lowest BCUT2D eigenvalue weighted by atomic mass is 9.81. The van der Waals surface area contributed by atoms with Crippen LogP contribution in [-0.2, 0) is 15.1 Å². The number of rotatable bonds is 7. The molecule has 0 saturated carbocycles. The van der Waals surface area contributed by atoms with Crippen LogP contribution in [0, 0.1) is 5.92 Å². The van der Waals surface area contributed by atoms with Crippen molar-refractivity contribution >= 4 is 51.9 Å². The molecule has 0 aromatic heterocycles. The average molecular weight is 600 g/mol. The molecule has 0 aliphatic carbocycles. The summed E-state index contributed by atoms with van der Waals surface area (Å²) in [4.78, 5) is 38.4. The highest BCUT2D eigenvalue weighted by molar-refractivity contribution is 8.18. The molecule has 0 spiro atoms. The van der Waals surface area contributed by atoms with Crippen LogP contribution in [0.1, 0.15) is 65.1 Å². The van der Waals surface area contributed by atoms with Crippen molar-refractivity contribution in [2.45, 2.75) is 71.6 Å². The Hall–Kier alpha value is -2.48. The van der Waals surface area contributed by atoms with E-state index in [9.17, 15) is 9.59 Å². The molecule has 5 rings (SSSR count). The fourth-order valence-corrected chi connectivity index (χ4v) is 7.61. The summed E-state index contributed by atoms with van der Waals surface area (Å²) >= 11 is 14.0. The molecular weight excluding hydrogens is 563 g/mol. The third kappa shape index (κ3) is 5.05. The van der Waals surface area contributed by atoms with Gasteiger partial charge in [0.15, 0.2) is 5.17 Å². The molecular formula is C31H36Cl2N4O2S. The first-order chi connectivity index (χ1) is 18.9. The molecule has 3 heterocycles. The molecule has 2 unspecified atom stereocenters. The molecule has 1 fully saturated rings. The minimum atomic E-state index is -0.610. The van der Waals surface area contributed by atoms with E-state index in [0.29, 0.717) is 21.5 Å². The number of allylic oxidation sites excluding steroid dienone is 1. The van der Waals surface area contributed by atoms with Crippen LogP contribution in [0.25, 0.3) is 0 Å². The van der Waals surface area contributed by atoms with Gasteiger partial charge in [-0.1, -0.05) is 61.3 Å². The molecule has 6 nitrogen and oxygen atoms in total. The summed E-state index contributed by atoms with van der Waals surface area (Å²) in [5.74, 6) is 0.138. The molecule has 40 heavy (non-hydrogen) atoms. The minimum absolute atomic E-state index is 0.000691. The number of halogens is 2. The van der Waals surface area contributed by atoms with Crippen molar-refractivity contribution in [2.24, 2.45) is 10.9 Å². The Morgan fingerprint density at radius 2 is 1.65 bits per heavy atom. The summed E-state index contributed by atoms with van der Waals surface area (Å²) < 4.78 is 0. The average Bonchev–Trinajstić information content (AvgIpc) is 3.36. The predicted molar refractivity (Wildman–Crippen MR) is 164 cm³/mol. The fourth-order valence-electron chi connectivity index (χ4n) is 6.00. The van der Waals surface area contributed by atoms with E-state index >= 15 is 0 Å². The first-order valence-corrected chi connectivity index (χ1v) is 15.4. The summed E-state index contributed by atoms with van der Waals surface area (Å²) in [5, 5.41) is 2.17. The Morgan fingerprint density at radius 1 is 1.05 bits per heavy atom. The summed E-state index contributed by atoms with van der Waals surface area (Å²) in [6.07, 6.45) is 0.913. The van der Waals surface area contributed by atoms with Crippen LogP contribution in [0.15, 0.2) is 64.1 Å². The lowest BCUT2D eigenvalue weighted by molar-refractivity contribution is -0.140. The quantitative estimate of drug-likeness (QED) is 0.341. The van der Waals surface area contributed by atoms with Gasteiger partial charge >= 0.3 is 0 Å². The van der Waals surface area contributed by atoms with Gasteiger partial charge in [0.2, 0.25) is 5.91 Å². The molecule has 212 valence electrons. The second-order valence-corrected chi connectivity index (χ2v) is 13.4. The zero-order valence-corrected chi connectivity index (χ0v) is 26.1. The van der Waals surface area contributed by atoms with E-state index in [2.05, 4.69) is 37.8 Å². The van der Waals surface area contributed by atoms with Gasteiger partial charge < -0.3 is 14.7 Å². The van der Waals surface area contributed by atoms with Gasteiger partial charge in [0.25, 0.3) is 5.91 Å². The topological polar surface area (TPSA) is 56.2 Å². The number of carbonyl (C=O) groups excluding carboxylic acids is 2. The second-order valence-electron chi connectivity index (χ2n) is 11.6. The second kappa shape index (κ2) is 11.1. The summed E-state index contributed by atoms with van der Waals surface area (Å²) in [7, 11) is 0. The van der Waals surface area contributed by atoms with Crippen LogP contribution in [-0.4, -0.2) is 56.9 Å². The van der Waals surface area contributed by atoms with Gasteiger partial charge in [-0.15, -0.1) is 0 Å². The van der Waals surface area contributed by atoms with Crippen LogP contribution in [0.2, 0.25) is 10.0 Å². The van der Waals surface area contributed by atoms with Gasteiger partial charge in [-0.2, -0.15) is 0 Å². The van der Waals surface area contributed by atoms with E-state index in [4.69, 9.17) is 28.2 Å². The number of hydrogen-bond acceptors (Lipinski definition) is 5. The third-order valence-corrected chi connectivity index (χ3v) is 9.77. The largest absolute Gasteiger partial charge is 0.338 e. The normalized spacial score (nSPS) is 24.0. The number of amidine groups is 1. The molecule has 1 saturated heterocycles. The third-order valence-electron chi connectivity index (χ3n) is 8.21. The zero-order valence-electron chi connectivity index (χ0n) is 23.8. The van der Waals surface area contributed by atoms with Crippen LogP contribution >= 0.6 is 35.0 Å². The fraction of sp³-hybridized carbons (Fsp3) is 0.452. The van der Waals surface area contributed by atoms with Crippen molar-refractivity contribution in [1.29, 1.82) is 0 Å². The van der Waals surface area contributed by atoms with Gasteiger partial charge in [-0.05, 0) is 80.3 Å². The lowest BCUT2D eigenvalue weighted by Gasteiger charge is -2.44. The number of benzene rings is 2. The molecule has 0 N–H and O–H groups in total. The molecule has 3 aliphatic rings. The lowest BCUT2D eigenvalue weighted by Crippen LogP contribution is -2.57. The number of hydrogen-bond donors (Lipinski definition) is 0. The predicted octanol–water partition coefficient (Wildman–Crippen LogP) is 7.09. The molecule has 2 aromatic rings. The first kappa shape index (κ1) is 29.0. The summed E-state index contributed by atoms with van der Waals surface area (Å²) in [5.41, 5.74) is 2.49. The number of amides is 2. The highest BCUT2D eigenvalue weighted by Crippen LogP contribution is 2.56. The van der Waals surface area contributed by atoms with Crippen LogP contribution in [0.5, 0.6) is 0 Å². The van der Waals surface area contributed by atoms with Crippen molar-refractivity contribution in [3.8, 4) is 0 Å². The first-order valence-electron chi connectivity index (χ1n) is 13.8. The maximum absolute atomic E-state index is 14.3. The maximum atomic E-state index is 14.3. The molecule has 2 aromatic carbocycles. The molecule has 2 amide bonds. The van der Waals surface area contributed by atoms with Crippen molar-refractivity contribution < 1.29 is 9.59 Å². The number of aliphatic imine (C=N–C) groups is 1. The SMILES string of the molecule is CC(=O)N1CC[C@H]1CN(C(=O)C1=C(C(C)C)N2C(=NC(C)(c3ccc(Cl)cc3)C2c2ccc(Cl)cc2)S1)C(C)C. The number of fused-ring (bicyclic) bond motifs is 1. The Balaban J connectivity index is 1.57. The van der Waals surface area contributed by atoms with Crippen molar-refractivity contribution in [3.05, 3.63) is 80.3 Å².